The van der Waals surface area contributed by atoms with Crippen LogP contribution in [0.2, 0.25) is 0 Å². The molecular weight excluding hydrogens is 316 g/mol. The number of methoxy groups -OCH3 is 1. The van der Waals surface area contributed by atoms with Crippen LogP contribution in [0.4, 0.5) is 0 Å². The lowest BCUT2D eigenvalue weighted by molar-refractivity contribution is 0.0281. The molecule has 3 aliphatic rings. The summed E-state index contributed by atoms with van der Waals surface area (Å²) in [6.45, 7) is 8.54. The first-order valence-corrected chi connectivity index (χ1v) is 10.6. The van der Waals surface area contributed by atoms with Crippen molar-refractivity contribution in [1.29, 1.82) is 0 Å². The SMILES string of the molecule is COC[C@H]1CN(Cc2cccs2)CC12CCN(CC1CCC1)CC2. The summed E-state index contributed by atoms with van der Waals surface area (Å²) < 4.78 is 5.62. The van der Waals surface area contributed by atoms with Gasteiger partial charge in [-0.15, -0.1) is 11.3 Å². The first kappa shape index (κ1) is 17.0. The van der Waals surface area contributed by atoms with Crippen molar-refractivity contribution >= 4 is 11.3 Å². The Morgan fingerprint density at radius 1 is 1.25 bits per heavy atom. The summed E-state index contributed by atoms with van der Waals surface area (Å²) >= 11 is 1.89. The number of hydrogen-bond acceptors (Lipinski definition) is 4. The molecule has 1 saturated carbocycles. The van der Waals surface area contributed by atoms with E-state index in [4.69, 9.17) is 4.74 Å². The lowest BCUT2D eigenvalue weighted by atomic mass is 9.71. The fraction of sp³-hybridized carbons (Fsp3) is 0.800. The molecule has 0 aromatic carbocycles. The minimum absolute atomic E-state index is 0.503. The predicted molar refractivity (Wildman–Crippen MR) is 100 cm³/mol. The van der Waals surface area contributed by atoms with E-state index in [0.29, 0.717) is 11.3 Å². The molecule has 0 radical (unpaired) electrons. The van der Waals surface area contributed by atoms with Crippen molar-refractivity contribution in [3.63, 3.8) is 0 Å². The highest BCUT2D eigenvalue weighted by Crippen LogP contribution is 2.45. The van der Waals surface area contributed by atoms with Crippen molar-refractivity contribution in [2.45, 2.75) is 38.6 Å². The van der Waals surface area contributed by atoms with Gasteiger partial charge in [0.1, 0.15) is 0 Å². The van der Waals surface area contributed by atoms with Crippen molar-refractivity contribution < 1.29 is 4.74 Å². The number of likely N-dealkylation sites (tertiary alicyclic amines) is 2. The van der Waals surface area contributed by atoms with Crippen molar-refractivity contribution in [1.82, 2.24) is 9.80 Å². The standard InChI is InChI=1S/C20H32N2OS/c1-23-15-18-13-22(14-19-6-3-11-24-19)16-20(18)7-9-21(10-8-20)12-17-4-2-5-17/h3,6,11,17-18H,2,4-5,7-10,12-16H2,1H3/t18-/m1/s1. The van der Waals surface area contributed by atoms with Crippen LogP contribution in [0.3, 0.4) is 0 Å². The molecule has 0 bridgehead atoms. The van der Waals surface area contributed by atoms with Gasteiger partial charge in [0.15, 0.2) is 0 Å². The Morgan fingerprint density at radius 3 is 2.71 bits per heavy atom. The molecule has 1 aliphatic carbocycles. The van der Waals surface area contributed by atoms with Crippen LogP contribution in [0.1, 0.15) is 37.0 Å². The minimum Gasteiger partial charge on any atom is -0.384 e. The Morgan fingerprint density at radius 2 is 2.08 bits per heavy atom. The zero-order valence-corrected chi connectivity index (χ0v) is 15.9. The van der Waals surface area contributed by atoms with Gasteiger partial charge in [-0.25, -0.2) is 0 Å². The van der Waals surface area contributed by atoms with E-state index in [1.54, 1.807) is 0 Å². The van der Waals surface area contributed by atoms with Gasteiger partial charge in [0, 0.05) is 44.1 Å². The first-order valence-electron chi connectivity index (χ1n) is 9.73. The Labute approximate surface area is 151 Å². The van der Waals surface area contributed by atoms with E-state index in [-0.39, 0.29) is 0 Å². The maximum atomic E-state index is 5.62. The molecule has 0 unspecified atom stereocenters. The largest absolute Gasteiger partial charge is 0.384 e. The van der Waals surface area contributed by atoms with Gasteiger partial charge in [0.05, 0.1) is 6.61 Å². The van der Waals surface area contributed by atoms with Crippen LogP contribution in [0.15, 0.2) is 17.5 Å². The molecular formula is C20H32N2OS. The molecule has 134 valence electrons. The quantitative estimate of drug-likeness (QED) is 0.779. The fourth-order valence-electron chi connectivity index (χ4n) is 5.11. The Bertz CT molecular complexity index is 506. The molecule has 0 amide bonds. The van der Waals surface area contributed by atoms with E-state index >= 15 is 0 Å². The van der Waals surface area contributed by atoms with Crippen molar-refractivity contribution in [2.75, 3.05) is 46.4 Å². The maximum Gasteiger partial charge on any atom is 0.0508 e. The molecule has 3 heterocycles. The van der Waals surface area contributed by atoms with Gasteiger partial charge in [-0.2, -0.15) is 0 Å². The fourth-order valence-corrected chi connectivity index (χ4v) is 5.85. The smallest absolute Gasteiger partial charge is 0.0508 e. The molecule has 2 aliphatic heterocycles. The molecule has 1 aromatic rings. The third-order valence-corrected chi connectivity index (χ3v) is 7.66. The van der Waals surface area contributed by atoms with Gasteiger partial charge in [-0.3, -0.25) is 4.90 Å². The number of hydrogen-bond donors (Lipinski definition) is 0. The molecule has 3 nitrogen and oxygen atoms in total. The number of ether oxygens (including phenoxy) is 1. The van der Waals surface area contributed by atoms with Gasteiger partial charge in [0.2, 0.25) is 0 Å². The molecule has 1 aromatic heterocycles. The number of nitrogens with zero attached hydrogens (tertiary/aromatic N) is 2. The molecule has 1 spiro atoms. The van der Waals surface area contributed by atoms with Gasteiger partial charge >= 0.3 is 0 Å². The average Bonchev–Trinajstić information content (AvgIpc) is 3.15. The molecule has 4 rings (SSSR count). The van der Waals surface area contributed by atoms with Crippen LogP contribution in [-0.2, 0) is 11.3 Å². The average molecular weight is 349 g/mol. The zero-order chi connectivity index (χ0) is 16.4. The summed E-state index contributed by atoms with van der Waals surface area (Å²) in [5.74, 6) is 1.72. The van der Waals surface area contributed by atoms with E-state index in [0.717, 1.165) is 19.1 Å². The monoisotopic (exact) mass is 348 g/mol. The van der Waals surface area contributed by atoms with Crippen LogP contribution in [0.5, 0.6) is 0 Å². The molecule has 3 fully saturated rings. The van der Waals surface area contributed by atoms with Crippen molar-refractivity contribution in [2.24, 2.45) is 17.3 Å². The topological polar surface area (TPSA) is 15.7 Å². The van der Waals surface area contributed by atoms with Crippen LogP contribution in [-0.4, -0.2) is 56.2 Å². The highest BCUT2D eigenvalue weighted by Gasteiger charge is 2.47. The third kappa shape index (κ3) is 3.57. The molecule has 1 atom stereocenters. The first-order chi connectivity index (χ1) is 11.8. The predicted octanol–water partition coefficient (Wildman–Crippen LogP) is 3.71. The minimum atomic E-state index is 0.503. The second kappa shape index (κ2) is 7.45. The van der Waals surface area contributed by atoms with Gasteiger partial charge in [0.25, 0.3) is 0 Å². The summed E-state index contributed by atoms with van der Waals surface area (Å²) in [6.07, 6.45) is 7.16. The lowest BCUT2D eigenvalue weighted by Crippen LogP contribution is -2.46. The Balaban J connectivity index is 1.36. The second-order valence-corrected chi connectivity index (χ2v) is 9.39. The molecule has 24 heavy (non-hydrogen) atoms. The lowest BCUT2D eigenvalue weighted by Gasteiger charge is -2.44. The summed E-state index contributed by atoms with van der Waals surface area (Å²) in [5.41, 5.74) is 0.503. The molecule has 0 N–H and O–H groups in total. The summed E-state index contributed by atoms with van der Waals surface area (Å²) in [7, 11) is 1.88. The number of thiophene rings is 1. The highest BCUT2D eigenvalue weighted by molar-refractivity contribution is 7.09. The van der Waals surface area contributed by atoms with Gasteiger partial charge in [-0.1, -0.05) is 12.5 Å². The van der Waals surface area contributed by atoms with Gasteiger partial charge in [-0.05, 0) is 61.6 Å². The Hall–Kier alpha value is -0.420. The maximum absolute atomic E-state index is 5.62. The summed E-state index contributed by atoms with van der Waals surface area (Å²) in [5, 5.41) is 2.20. The van der Waals surface area contributed by atoms with Crippen LogP contribution in [0, 0.1) is 17.3 Å². The van der Waals surface area contributed by atoms with E-state index in [1.807, 2.05) is 18.4 Å². The third-order valence-electron chi connectivity index (χ3n) is 6.80. The summed E-state index contributed by atoms with van der Waals surface area (Å²) in [6, 6.07) is 4.46. The normalized spacial score (nSPS) is 28.5. The zero-order valence-electron chi connectivity index (χ0n) is 15.1. The summed E-state index contributed by atoms with van der Waals surface area (Å²) in [4.78, 5) is 6.95. The second-order valence-electron chi connectivity index (χ2n) is 8.36. The van der Waals surface area contributed by atoms with Crippen molar-refractivity contribution in [3.05, 3.63) is 22.4 Å². The number of rotatable bonds is 6. The van der Waals surface area contributed by atoms with E-state index in [9.17, 15) is 0 Å². The highest BCUT2D eigenvalue weighted by atomic mass is 32.1. The van der Waals surface area contributed by atoms with Crippen LogP contribution >= 0.6 is 11.3 Å². The molecule has 2 saturated heterocycles. The van der Waals surface area contributed by atoms with Crippen molar-refractivity contribution in [3.8, 4) is 0 Å². The van der Waals surface area contributed by atoms with E-state index in [1.165, 1.54) is 69.7 Å². The number of piperidine rings is 1. The van der Waals surface area contributed by atoms with Gasteiger partial charge < -0.3 is 9.64 Å². The van der Waals surface area contributed by atoms with Crippen LogP contribution in [0.25, 0.3) is 0 Å². The van der Waals surface area contributed by atoms with E-state index in [2.05, 4.69) is 27.3 Å². The molecule has 4 heteroatoms. The Kier molecular flexibility index (Phi) is 5.28. The van der Waals surface area contributed by atoms with Crippen LogP contribution < -0.4 is 0 Å². The van der Waals surface area contributed by atoms with E-state index < -0.39 is 0 Å².